The van der Waals surface area contributed by atoms with E-state index in [0.29, 0.717) is 12.0 Å². The molecule has 2 nitrogen and oxygen atoms in total. The Labute approximate surface area is 110 Å². The van der Waals surface area contributed by atoms with Gasteiger partial charge in [0.2, 0.25) is 0 Å². The summed E-state index contributed by atoms with van der Waals surface area (Å²) in [5, 5.41) is 4.88. The van der Waals surface area contributed by atoms with Gasteiger partial charge >= 0.3 is 0 Å². The van der Waals surface area contributed by atoms with E-state index in [-0.39, 0.29) is 0 Å². The van der Waals surface area contributed by atoms with E-state index in [4.69, 9.17) is 0 Å². The first kappa shape index (κ1) is 11.3. The van der Waals surface area contributed by atoms with Crippen molar-refractivity contribution < 1.29 is 0 Å². The summed E-state index contributed by atoms with van der Waals surface area (Å²) >= 11 is 3.51. The van der Waals surface area contributed by atoms with Crippen LogP contribution in [0.1, 0.15) is 31.4 Å². The molecule has 0 aliphatic carbocycles. The number of aromatic nitrogens is 1. The Morgan fingerprint density at radius 2 is 2.24 bits per heavy atom. The highest BCUT2D eigenvalue weighted by Gasteiger charge is 2.23. The molecule has 1 saturated heterocycles. The molecule has 17 heavy (non-hydrogen) atoms. The van der Waals surface area contributed by atoms with Gasteiger partial charge in [0, 0.05) is 27.6 Å². The van der Waals surface area contributed by atoms with Crippen LogP contribution in [0.4, 0.5) is 0 Å². The van der Waals surface area contributed by atoms with Crippen LogP contribution in [0.15, 0.2) is 28.7 Å². The normalized spacial score (nSPS) is 22.1. The fourth-order valence-electron chi connectivity index (χ4n) is 2.72. The quantitative estimate of drug-likeness (QED) is 0.866. The van der Waals surface area contributed by atoms with Crippen LogP contribution in [0.3, 0.4) is 0 Å². The summed E-state index contributed by atoms with van der Waals surface area (Å²) in [6, 6.07) is 9.32. The Bertz CT molecular complexity index is 526. The third-order valence-electron chi connectivity index (χ3n) is 3.80. The van der Waals surface area contributed by atoms with Gasteiger partial charge in [0.1, 0.15) is 0 Å². The van der Waals surface area contributed by atoms with Gasteiger partial charge in [0.15, 0.2) is 0 Å². The summed E-state index contributed by atoms with van der Waals surface area (Å²) in [5.41, 5.74) is 2.57. The zero-order valence-electron chi connectivity index (χ0n) is 9.96. The average Bonchev–Trinajstić information content (AvgIpc) is 2.96. The topological polar surface area (TPSA) is 27.8 Å². The molecule has 3 rings (SSSR count). The summed E-state index contributed by atoms with van der Waals surface area (Å²) in [7, 11) is 0. The molecule has 0 spiro atoms. The first-order valence-corrected chi connectivity index (χ1v) is 7.05. The highest BCUT2D eigenvalue weighted by molar-refractivity contribution is 9.10. The van der Waals surface area contributed by atoms with Crippen LogP contribution in [0.2, 0.25) is 0 Å². The summed E-state index contributed by atoms with van der Waals surface area (Å²) in [6.45, 7) is 3.48. The van der Waals surface area contributed by atoms with Crippen molar-refractivity contribution >= 4 is 26.8 Å². The van der Waals surface area contributed by atoms with Gasteiger partial charge in [-0.15, -0.1) is 0 Å². The van der Waals surface area contributed by atoms with Crippen molar-refractivity contribution in [2.45, 2.75) is 31.7 Å². The molecular formula is C14H17BrN2. The predicted octanol–water partition coefficient (Wildman–Crippen LogP) is 3.79. The van der Waals surface area contributed by atoms with Gasteiger partial charge in [-0.1, -0.05) is 28.9 Å². The first-order valence-electron chi connectivity index (χ1n) is 6.25. The molecule has 0 amide bonds. The molecule has 1 aromatic carbocycles. The molecule has 1 aliphatic heterocycles. The van der Waals surface area contributed by atoms with Crippen LogP contribution >= 0.6 is 15.9 Å². The van der Waals surface area contributed by atoms with E-state index in [1.54, 1.807) is 0 Å². The standard InChI is InChI=1S/C14H17BrN2/c1-9(12-3-2-6-16-12)13-7-10-4-5-11(15)8-14(10)17-13/h4-5,7-9,12,16-17H,2-3,6H2,1H3. The SMILES string of the molecule is CC(c1cc2ccc(Br)cc2[nH]1)C1CCCN1. The number of rotatable bonds is 2. The van der Waals surface area contributed by atoms with E-state index < -0.39 is 0 Å². The zero-order chi connectivity index (χ0) is 11.8. The maximum absolute atomic E-state index is 3.58. The van der Waals surface area contributed by atoms with Crippen LogP contribution in [-0.4, -0.2) is 17.6 Å². The molecule has 2 aromatic rings. The third-order valence-corrected chi connectivity index (χ3v) is 4.29. The Morgan fingerprint density at radius 1 is 1.35 bits per heavy atom. The Morgan fingerprint density at radius 3 is 3.00 bits per heavy atom. The van der Waals surface area contributed by atoms with Crippen molar-refractivity contribution in [3.8, 4) is 0 Å². The number of halogens is 1. The highest BCUT2D eigenvalue weighted by atomic mass is 79.9. The van der Waals surface area contributed by atoms with Crippen molar-refractivity contribution in [1.29, 1.82) is 0 Å². The van der Waals surface area contributed by atoms with E-state index >= 15 is 0 Å². The van der Waals surface area contributed by atoms with Gasteiger partial charge in [-0.3, -0.25) is 0 Å². The molecule has 0 radical (unpaired) electrons. The molecule has 1 fully saturated rings. The van der Waals surface area contributed by atoms with Crippen LogP contribution in [-0.2, 0) is 0 Å². The average molecular weight is 293 g/mol. The molecule has 3 heteroatoms. The number of H-pyrrole nitrogens is 1. The molecule has 0 bridgehead atoms. The van der Waals surface area contributed by atoms with Gasteiger partial charge < -0.3 is 10.3 Å². The van der Waals surface area contributed by atoms with Crippen molar-refractivity contribution in [3.05, 3.63) is 34.4 Å². The van der Waals surface area contributed by atoms with Gasteiger partial charge in [-0.2, -0.15) is 0 Å². The minimum Gasteiger partial charge on any atom is -0.358 e. The Hall–Kier alpha value is -0.800. The molecule has 2 atom stereocenters. The highest BCUT2D eigenvalue weighted by Crippen LogP contribution is 2.28. The first-order chi connectivity index (χ1) is 8.24. The van der Waals surface area contributed by atoms with Crippen molar-refractivity contribution in [2.75, 3.05) is 6.54 Å². The van der Waals surface area contributed by atoms with E-state index in [0.717, 1.165) is 4.47 Å². The Kier molecular flexibility index (Phi) is 2.97. The lowest BCUT2D eigenvalue weighted by Crippen LogP contribution is -2.27. The predicted molar refractivity (Wildman–Crippen MR) is 75.4 cm³/mol. The second kappa shape index (κ2) is 4.46. The lowest BCUT2D eigenvalue weighted by atomic mass is 9.97. The van der Waals surface area contributed by atoms with Crippen LogP contribution < -0.4 is 5.32 Å². The van der Waals surface area contributed by atoms with Crippen molar-refractivity contribution in [2.24, 2.45) is 0 Å². The second-order valence-electron chi connectivity index (χ2n) is 4.95. The number of hydrogen-bond donors (Lipinski definition) is 2. The van der Waals surface area contributed by atoms with E-state index in [1.165, 1.54) is 36.0 Å². The van der Waals surface area contributed by atoms with Crippen LogP contribution in [0, 0.1) is 0 Å². The minimum atomic E-state index is 0.559. The van der Waals surface area contributed by atoms with Gasteiger partial charge in [0.25, 0.3) is 0 Å². The molecule has 0 saturated carbocycles. The monoisotopic (exact) mass is 292 g/mol. The number of benzene rings is 1. The smallest absolute Gasteiger partial charge is 0.0467 e. The van der Waals surface area contributed by atoms with Crippen LogP contribution in [0.25, 0.3) is 10.9 Å². The zero-order valence-corrected chi connectivity index (χ0v) is 11.5. The van der Waals surface area contributed by atoms with Gasteiger partial charge in [-0.25, -0.2) is 0 Å². The number of aromatic amines is 1. The van der Waals surface area contributed by atoms with Crippen molar-refractivity contribution in [3.63, 3.8) is 0 Å². The molecule has 1 aromatic heterocycles. The fraction of sp³-hybridized carbons (Fsp3) is 0.429. The summed E-state index contributed by atoms with van der Waals surface area (Å²) in [5.74, 6) is 0.559. The molecule has 2 heterocycles. The Balaban J connectivity index is 1.94. The molecule has 1 aliphatic rings. The number of hydrogen-bond acceptors (Lipinski definition) is 1. The van der Waals surface area contributed by atoms with Crippen molar-refractivity contribution in [1.82, 2.24) is 10.3 Å². The molecule has 2 N–H and O–H groups in total. The summed E-state index contributed by atoms with van der Waals surface area (Å²) in [4.78, 5) is 3.54. The second-order valence-corrected chi connectivity index (χ2v) is 5.86. The van der Waals surface area contributed by atoms with E-state index in [9.17, 15) is 0 Å². The molecule has 2 unspecified atom stereocenters. The number of fused-ring (bicyclic) bond motifs is 1. The minimum absolute atomic E-state index is 0.559. The third kappa shape index (κ3) is 2.14. The fourth-order valence-corrected chi connectivity index (χ4v) is 3.08. The van der Waals surface area contributed by atoms with E-state index in [2.05, 4.69) is 57.4 Å². The van der Waals surface area contributed by atoms with Gasteiger partial charge in [0.05, 0.1) is 0 Å². The lowest BCUT2D eigenvalue weighted by molar-refractivity contribution is 0.511. The summed E-state index contributed by atoms with van der Waals surface area (Å²) < 4.78 is 1.13. The van der Waals surface area contributed by atoms with Crippen LogP contribution in [0.5, 0.6) is 0 Å². The number of nitrogens with one attached hydrogen (secondary N) is 2. The lowest BCUT2D eigenvalue weighted by Gasteiger charge is -2.17. The molecular weight excluding hydrogens is 276 g/mol. The molecule has 90 valence electrons. The summed E-state index contributed by atoms with van der Waals surface area (Å²) in [6.07, 6.45) is 2.60. The van der Waals surface area contributed by atoms with Gasteiger partial charge in [-0.05, 0) is 43.0 Å². The largest absolute Gasteiger partial charge is 0.358 e. The van der Waals surface area contributed by atoms with E-state index in [1.807, 2.05) is 0 Å². The maximum Gasteiger partial charge on any atom is 0.0467 e. The maximum atomic E-state index is 3.58.